The zero-order valence-electron chi connectivity index (χ0n) is 15.5. The Bertz CT molecular complexity index is 1130. The summed E-state index contributed by atoms with van der Waals surface area (Å²) in [6.45, 7) is 4.16. The number of benzene rings is 3. The summed E-state index contributed by atoms with van der Waals surface area (Å²) in [6.07, 6.45) is 3.34. The van der Waals surface area contributed by atoms with Crippen LogP contribution >= 0.6 is 0 Å². The van der Waals surface area contributed by atoms with Crippen molar-refractivity contribution in [2.24, 2.45) is 10.2 Å². The van der Waals surface area contributed by atoms with E-state index in [0.29, 0.717) is 18.0 Å². The normalized spacial score (nSPS) is 14.8. The van der Waals surface area contributed by atoms with Crippen LogP contribution in [0.5, 0.6) is 5.75 Å². The van der Waals surface area contributed by atoms with Crippen molar-refractivity contribution >= 4 is 34.3 Å². The number of nitrogens with zero attached hydrogens (tertiary/aromatic N) is 3. The van der Waals surface area contributed by atoms with Gasteiger partial charge in [-0.15, -0.1) is 11.7 Å². The molecule has 0 aromatic heterocycles. The molecule has 5 heteroatoms. The van der Waals surface area contributed by atoms with E-state index < -0.39 is 0 Å². The molecule has 0 saturated carbocycles. The topological polar surface area (TPSA) is 54.3 Å². The molecule has 1 amide bonds. The van der Waals surface area contributed by atoms with Gasteiger partial charge in [0.1, 0.15) is 5.75 Å². The van der Waals surface area contributed by atoms with Crippen molar-refractivity contribution < 1.29 is 9.53 Å². The van der Waals surface area contributed by atoms with Gasteiger partial charge < -0.3 is 9.64 Å². The second-order valence-electron chi connectivity index (χ2n) is 6.32. The van der Waals surface area contributed by atoms with Gasteiger partial charge in [-0.25, -0.2) is 0 Å². The van der Waals surface area contributed by atoms with Crippen LogP contribution in [0.4, 0.5) is 5.69 Å². The maximum atomic E-state index is 12.8. The molecular weight excluding hydrogens is 350 g/mol. The van der Waals surface area contributed by atoms with E-state index in [0.717, 1.165) is 27.6 Å². The molecule has 3 aromatic rings. The lowest BCUT2D eigenvalue weighted by atomic mass is 10.0. The van der Waals surface area contributed by atoms with Crippen molar-refractivity contribution in [3.8, 4) is 5.75 Å². The van der Waals surface area contributed by atoms with E-state index in [9.17, 15) is 4.79 Å². The summed E-state index contributed by atoms with van der Waals surface area (Å²) in [5.41, 5.74) is 2.75. The van der Waals surface area contributed by atoms with Crippen molar-refractivity contribution in [2.75, 3.05) is 18.6 Å². The molecule has 0 spiro atoms. The molecule has 0 radical (unpaired) electrons. The number of hydrogen-bond donors (Lipinski definition) is 0. The van der Waals surface area contributed by atoms with Gasteiger partial charge in [0.25, 0.3) is 5.91 Å². The summed E-state index contributed by atoms with van der Waals surface area (Å²) >= 11 is 0. The molecule has 0 saturated heterocycles. The van der Waals surface area contributed by atoms with Gasteiger partial charge in [0.15, 0.2) is 5.71 Å². The van der Waals surface area contributed by atoms with Crippen LogP contribution in [0.1, 0.15) is 11.1 Å². The molecule has 1 aliphatic rings. The first kappa shape index (κ1) is 17.7. The van der Waals surface area contributed by atoms with Crippen LogP contribution in [0.2, 0.25) is 0 Å². The largest absolute Gasteiger partial charge is 0.496 e. The van der Waals surface area contributed by atoms with Crippen molar-refractivity contribution in [3.05, 3.63) is 84.4 Å². The zero-order valence-corrected chi connectivity index (χ0v) is 15.5. The molecule has 0 unspecified atom stereocenters. The minimum Gasteiger partial charge on any atom is -0.496 e. The lowest BCUT2D eigenvalue weighted by Crippen LogP contribution is -2.30. The Balaban J connectivity index is 1.76. The van der Waals surface area contributed by atoms with Crippen LogP contribution in [0.25, 0.3) is 10.8 Å². The Morgan fingerprint density at radius 3 is 2.68 bits per heavy atom. The van der Waals surface area contributed by atoms with Gasteiger partial charge in [0.2, 0.25) is 0 Å². The zero-order chi connectivity index (χ0) is 19.5. The average Bonchev–Trinajstić information content (AvgIpc) is 3.00. The van der Waals surface area contributed by atoms with E-state index in [1.807, 2.05) is 60.7 Å². The highest BCUT2D eigenvalue weighted by atomic mass is 16.5. The smallest absolute Gasteiger partial charge is 0.279 e. The molecule has 0 atom stereocenters. The van der Waals surface area contributed by atoms with Crippen molar-refractivity contribution in [3.63, 3.8) is 0 Å². The molecule has 3 aromatic carbocycles. The maximum Gasteiger partial charge on any atom is 0.279 e. The molecule has 0 aliphatic carbocycles. The maximum absolute atomic E-state index is 12.8. The first-order valence-corrected chi connectivity index (χ1v) is 8.93. The molecule has 1 aliphatic heterocycles. The molecule has 4 rings (SSSR count). The van der Waals surface area contributed by atoms with Crippen molar-refractivity contribution in [2.45, 2.75) is 0 Å². The summed E-state index contributed by atoms with van der Waals surface area (Å²) < 4.78 is 5.48. The number of rotatable bonds is 5. The fourth-order valence-corrected chi connectivity index (χ4v) is 3.40. The Kier molecular flexibility index (Phi) is 4.72. The average molecular weight is 369 g/mol. The molecule has 5 nitrogen and oxygen atoms in total. The Labute approximate surface area is 163 Å². The number of methoxy groups -OCH3 is 1. The van der Waals surface area contributed by atoms with E-state index in [-0.39, 0.29) is 5.91 Å². The number of para-hydroxylation sites is 1. The quantitative estimate of drug-likeness (QED) is 0.384. The highest BCUT2D eigenvalue weighted by molar-refractivity contribution is 6.54. The molecule has 138 valence electrons. The molecule has 1 heterocycles. The number of amides is 1. The minimum absolute atomic E-state index is 0.178. The van der Waals surface area contributed by atoms with Gasteiger partial charge in [0, 0.05) is 17.7 Å². The third-order valence-electron chi connectivity index (χ3n) is 4.70. The molecular formula is C23H19N3O2. The molecule has 0 fully saturated rings. The second-order valence-corrected chi connectivity index (χ2v) is 6.32. The van der Waals surface area contributed by atoms with Gasteiger partial charge in [-0.2, -0.15) is 5.10 Å². The first-order chi connectivity index (χ1) is 13.7. The molecule has 0 bridgehead atoms. The fraction of sp³-hybridized carbons (Fsp3) is 0.0870. The Morgan fingerprint density at radius 1 is 1.07 bits per heavy atom. The van der Waals surface area contributed by atoms with Crippen LogP contribution in [0, 0.1) is 0 Å². The lowest BCUT2D eigenvalue weighted by molar-refractivity contribution is -0.112. The van der Waals surface area contributed by atoms with Gasteiger partial charge in [-0.3, -0.25) is 4.79 Å². The van der Waals surface area contributed by atoms with Crippen LogP contribution in [0.3, 0.4) is 0 Å². The first-order valence-electron chi connectivity index (χ1n) is 8.93. The number of hydrogen-bond acceptors (Lipinski definition) is 4. The van der Waals surface area contributed by atoms with E-state index >= 15 is 0 Å². The lowest BCUT2D eigenvalue weighted by Gasteiger charge is -2.13. The summed E-state index contributed by atoms with van der Waals surface area (Å²) in [4.78, 5) is 14.4. The second kappa shape index (κ2) is 7.48. The van der Waals surface area contributed by atoms with E-state index in [1.54, 1.807) is 24.3 Å². The standard InChI is InChI=1S/C23H19N3O2/c1-3-14-26-20-11-7-6-10-18(20)22(23(26)27)25-24-15-19-17-9-5-4-8-16(17)12-13-21(19)28-2/h3-13,15H,1,14H2,2H3/b24-15-,25-22-. The number of fused-ring (bicyclic) bond motifs is 2. The van der Waals surface area contributed by atoms with Crippen LogP contribution in [-0.4, -0.2) is 31.5 Å². The van der Waals surface area contributed by atoms with Crippen LogP contribution in [0.15, 0.2) is 83.5 Å². The number of carbonyl (C=O) groups is 1. The third-order valence-corrected chi connectivity index (χ3v) is 4.70. The van der Waals surface area contributed by atoms with E-state index in [4.69, 9.17) is 4.74 Å². The van der Waals surface area contributed by atoms with Gasteiger partial charge in [0.05, 0.1) is 19.0 Å². The number of ether oxygens (including phenoxy) is 1. The number of anilines is 1. The monoisotopic (exact) mass is 369 g/mol. The van der Waals surface area contributed by atoms with E-state index in [1.165, 1.54) is 0 Å². The molecule has 28 heavy (non-hydrogen) atoms. The van der Waals surface area contributed by atoms with Crippen LogP contribution < -0.4 is 9.64 Å². The Morgan fingerprint density at radius 2 is 1.86 bits per heavy atom. The van der Waals surface area contributed by atoms with Gasteiger partial charge in [-0.05, 0) is 22.9 Å². The van der Waals surface area contributed by atoms with Crippen LogP contribution in [-0.2, 0) is 4.79 Å². The fourth-order valence-electron chi connectivity index (χ4n) is 3.40. The SMILES string of the molecule is C=CCN1C(=O)/C(=N\N=C/c2c(OC)ccc3ccccc23)c2ccccc21. The predicted octanol–water partition coefficient (Wildman–Crippen LogP) is 4.20. The third kappa shape index (κ3) is 2.97. The molecule has 0 N–H and O–H groups in total. The van der Waals surface area contributed by atoms with Gasteiger partial charge >= 0.3 is 0 Å². The Hall–Kier alpha value is -3.73. The van der Waals surface area contributed by atoms with Crippen molar-refractivity contribution in [1.29, 1.82) is 0 Å². The predicted molar refractivity (Wildman–Crippen MR) is 114 cm³/mol. The van der Waals surface area contributed by atoms with Crippen molar-refractivity contribution in [1.82, 2.24) is 0 Å². The van der Waals surface area contributed by atoms with E-state index in [2.05, 4.69) is 16.8 Å². The highest BCUT2D eigenvalue weighted by Crippen LogP contribution is 2.29. The number of carbonyl (C=O) groups excluding carboxylic acids is 1. The minimum atomic E-state index is -0.178. The summed E-state index contributed by atoms with van der Waals surface area (Å²) in [5, 5.41) is 10.6. The summed E-state index contributed by atoms with van der Waals surface area (Å²) in [5.74, 6) is 0.525. The summed E-state index contributed by atoms with van der Waals surface area (Å²) in [6, 6.07) is 19.5. The van der Waals surface area contributed by atoms with Gasteiger partial charge in [-0.1, -0.05) is 54.6 Å². The summed E-state index contributed by atoms with van der Waals surface area (Å²) in [7, 11) is 1.62. The highest BCUT2D eigenvalue weighted by Gasteiger charge is 2.32.